The van der Waals surface area contributed by atoms with E-state index < -0.39 is 0 Å². The number of hydrogen-bond donors (Lipinski definition) is 3. The Morgan fingerprint density at radius 2 is 2.05 bits per heavy atom. The first-order chi connectivity index (χ1) is 9.51. The molecule has 4 atom stereocenters. The van der Waals surface area contributed by atoms with Crippen molar-refractivity contribution in [3.63, 3.8) is 0 Å². The molecule has 0 bridgehead atoms. The number of nitrogens with one attached hydrogen (secondary N) is 2. The molecule has 0 aliphatic heterocycles. The number of carbonyl (C=O) groups is 1. The van der Waals surface area contributed by atoms with Gasteiger partial charge in [-0.15, -0.1) is 0 Å². The number of rotatable bonds is 5. The molecule has 1 aliphatic carbocycles. The highest BCUT2D eigenvalue weighted by molar-refractivity contribution is 9.10. The highest BCUT2D eigenvalue weighted by atomic mass is 79.9. The molecule has 1 aromatic carbocycles. The van der Waals surface area contributed by atoms with E-state index in [2.05, 4.69) is 38.7 Å². The summed E-state index contributed by atoms with van der Waals surface area (Å²) in [5.74, 6) is 0.474. The van der Waals surface area contributed by atoms with Gasteiger partial charge in [0.15, 0.2) is 0 Å². The van der Waals surface area contributed by atoms with Crippen molar-refractivity contribution in [2.24, 2.45) is 5.92 Å². The molecule has 1 aliphatic rings. The Morgan fingerprint density at radius 3 is 2.65 bits per heavy atom. The number of aliphatic hydroxyl groups is 1. The van der Waals surface area contributed by atoms with Crippen LogP contribution < -0.4 is 10.6 Å². The number of aliphatic hydroxyl groups excluding tert-OH is 1. The van der Waals surface area contributed by atoms with E-state index in [4.69, 9.17) is 5.11 Å². The summed E-state index contributed by atoms with van der Waals surface area (Å²) in [7, 11) is 0. The molecule has 3 N–H and O–H groups in total. The van der Waals surface area contributed by atoms with Gasteiger partial charge in [-0.2, -0.15) is 0 Å². The van der Waals surface area contributed by atoms with Gasteiger partial charge in [0.05, 0.1) is 0 Å². The molecular formula is C15H21BrN2O2. The van der Waals surface area contributed by atoms with Gasteiger partial charge in [0, 0.05) is 29.1 Å². The van der Waals surface area contributed by atoms with Crippen molar-refractivity contribution in [3.05, 3.63) is 34.3 Å². The first-order valence-electron chi connectivity index (χ1n) is 6.94. The van der Waals surface area contributed by atoms with E-state index in [0.29, 0.717) is 5.92 Å². The van der Waals surface area contributed by atoms with Crippen LogP contribution in [0.1, 0.15) is 31.7 Å². The van der Waals surface area contributed by atoms with Crippen molar-refractivity contribution >= 4 is 22.0 Å². The van der Waals surface area contributed by atoms with Gasteiger partial charge in [0.25, 0.3) is 0 Å². The summed E-state index contributed by atoms with van der Waals surface area (Å²) in [4.78, 5) is 11.8. The predicted octanol–water partition coefficient (Wildman–Crippen LogP) is 2.62. The number of urea groups is 1. The Hall–Kier alpha value is -1.07. The van der Waals surface area contributed by atoms with Crippen LogP contribution in [0.15, 0.2) is 28.7 Å². The maximum Gasteiger partial charge on any atom is 0.315 e. The van der Waals surface area contributed by atoms with E-state index in [0.717, 1.165) is 10.9 Å². The van der Waals surface area contributed by atoms with Crippen molar-refractivity contribution < 1.29 is 9.90 Å². The van der Waals surface area contributed by atoms with E-state index in [1.807, 2.05) is 26.0 Å². The zero-order chi connectivity index (χ0) is 14.7. The van der Waals surface area contributed by atoms with E-state index in [9.17, 15) is 4.79 Å². The lowest BCUT2D eigenvalue weighted by molar-refractivity contribution is 0.200. The first-order valence-corrected chi connectivity index (χ1v) is 7.74. The zero-order valence-electron chi connectivity index (χ0n) is 11.8. The molecule has 5 heteroatoms. The van der Waals surface area contributed by atoms with Gasteiger partial charge in [0.2, 0.25) is 0 Å². The molecule has 0 spiro atoms. The van der Waals surface area contributed by atoms with Crippen LogP contribution in [0.25, 0.3) is 0 Å². The summed E-state index contributed by atoms with van der Waals surface area (Å²) in [6.45, 7) is 3.89. The van der Waals surface area contributed by atoms with E-state index in [1.165, 1.54) is 5.56 Å². The smallest absolute Gasteiger partial charge is 0.315 e. The van der Waals surface area contributed by atoms with Crippen LogP contribution in [0.3, 0.4) is 0 Å². The SMILES string of the molecule is CC(CO)C(C)NC(=O)NC1CC1c1ccc(Br)cc1. The summed E-state index contributed by atoms with van der Waals surface area (Å²) in [5, 5.41) is 14.9. The monoisotopic (exact) mass is 340 g/mol. The molecule has 1 fully saturated rings. The number of halogens is 1. The Labute approximate surface area is 128 Å². The van der Waals surface area contributed by atoms with Crippen LogP contribution in [-0.4, -0.2) is 29.8 Å². The lowest BCUT2D eigenvalue weighted by Crippen LogP contribution is -2.45. The maximum atomic E-state index is 11.8. The number of hydrogen-bond acceptors (Lipinski definition) is 2. The molecular weight excluding hydrogens is 320 g/mol. The van der Waals surface area contributed by atoms with Gasteiger partial charge in [0.1, 0.15) is 0 Å². The second-order valence-electron chi connectivity index (χ2n) is 5.57. The Balaban J connectivity index is 1.79. The summed E-state index contributed by atoms with van der Waals surface area (Å²) in [6.07, 6.45) is 0.985. The molecule has 0 radical (unpaired) electrons. The van der Waals surface area contributed by atoms with Crippen LogP contribution in [0.2, 0.25) is 0 Å². The Bertz CT molecular complexity index is 463. The molecule has 2 amide bonds. The molecule has 20 heavy (non-hydrogen) atoms. The molecule has 4 unspecified atom stereocenters. The third kappa shape index (κ3) is 3.96. The second kappa shape index (κ2) is 6.59. The quantitative estimate of drug-likeness (QED) is 0.771. The van der Waals surface area contributed by atoms with Crippen LogP contribution in [0, 0.1) is 5.92 Å². The van der Waals surface area contributed by atoms with Crippen molar-refractivity contribution in [2.45, 2.75) is 38.3 Å². The zero-order valence-corrected chi connectivity index (χ0v) is 13.4. The van der Waals surface area contributed by atoms with Crippen LogP contribution >= 0.6 is 15.9 Å². The lowest BCUT2D eigenvalue weighted by Gasteiger charge is -2.19. The molecule has 110 valence electrons. The van der Waals surface area contributed by atoms with Crippen molar-refractivity contribution in [1.29, 1.82) is 0 Å². The largest absolute Gasteiger partial charge is 0.396 e. The van der Waals surface area contributed by atoms with E-state index in [1.54, 1.807) is 0 Å². The van der Waals surface area contributed by atoms with Crippen LogP contribution in [0.5, 0.6) is 0 Å². The number of carbonyl (C=O) groups excluding carboxylic acids is 1. The fourth-order valence-corrected chi connectivity index (χ4v) is 2.41. The molecule has 0 saturated heterocycles. The van der Waals surface area contributed by atoms with Gasteiger partial charge >= 0.3 is 6.03 Å². The highest BCUT2D eigenvalue weighted by Crippen LogP contribution is 2.40. The molecule has 2 rings (SSSR count). The van der Waals surface area contributed by atoms with Gasteiger partial charge in [-0.3, -0.25) is 0 Å². The highest BCUT2D eigenvalue weighted by Gasteiger charge is 2.39. The molecule has 1 aromatic rings. The van der Waals surface area contributed by atoms with Gasteiger partial charge in [-0.1, -0.05) is 35.0 Å². The van der Waals surface area contributed by atoms with Crippen molar-refractivity contribution in [3.8, 4) is 0 Å². The van der Waals surface area contributed by atoms with Gasteiger partial charge in [-0.05, 0) is 37.0 Å². The average molecular weight is 341 g/mol. The van der Waals surface area contributed by atoms with Crippen molar-refractivity contribution in [1.82, 2.24) is 10.6 Å². The lowest BCUT2D eigenvalue weighted by atomic mass is 10.1. The van der Waals surface area contributed by atoms with Gasteiger partial charge < -0.3 is 15.7 Å². The topological polar surface area (TPSA) is 61.4 Å². The first kappa shape index (κ1) is 15.3. The van der Waals surface area contributed by atoms with E-state index >= 15 is 0 Å². The molecule has 4 nitrogen and oxygen atoms in total. The third-order valence-electron chi connectivity index (χ3n) is 3.91. The molecule has 0 heterocycles. The maximum absolute atomic E-state index is 11.8. The predicted molar refractivity (Wildman–Crippen MR) is 82.7 cm³/mol. The number of amides is 2. The van der Waals surface area contributed by atoms with Crippen LogP contribution in [-0.2, 0) is 0 Å². The Morgan fingerprint density at radius 1 is 1.40 bits per heavy atom. The minimum absolute atomic E-state index is 0.0371. The van der Waals surface area contributed by atoms with Crippen LogP contribution in [0.4, 0.5) is 4.79 Å². The van der Waals surface area contributed by atoms with Crippen molar-refractivity contribution in [2.75, 3.05) is 6.61 Å². The normalized spacial score (nSPS) is 23.8. The summed E-state index contributed by atoms with van der Waals surface area (Å²) in [5.41, 5.74) is 1.26. The summed E-state index contributed by atoms with van der Waals surface area (Å²) in [6, 6.07) is 8.25. The minimum Gasteiger partial charge on any atom is -0.396 e. The number of benzene rings is 1. The fraction of sp³-hybridized carbons (Fsp3) is 0.533. The molecule has 1 saturated carbocycles. The molecule has 0 aromatic heterocycles. The third-order valence-corrected chi connectivity index (χ3v) is 4.43. The van der Waals surface area contributed by atoms with Gasteiger partial charge in [-0.25, -0.2) is 4.79 Å². The fourth-order valence-electron chi connectivity index (χ4n) is 2.15. The minimum atomic E-state index is -0.151. The average Bonchev–Trinajstić information content (AvgIpc) is 3.17. The summed E-state index contributed by atoms with van der Waals surface area (Å²) < 4.78 is 1.07. The standard InChI is InChI=1S/C15H21BrN2O2/c1-9(8-19)10(2)17-15(20)18-14-7-13(14)11-3-5-12(16)6-4-11/h3-6,9-10,13-14,19H,7-8H2,1-2H3,(H2,17,18,20). The summed E-state index contributed by atoms with van der Waals surface area (Å²) >= 11 is 3.42. The Kier molecular flexibility index (Phi) is 5.05. The van der Waals surface area contributed by atoms with E-state index in [-0.39, 0.29) is 30.6 Å². The second-order valence-corrected chi connectivity index (χ2v) is 6.48.